The lowest BCUT2D eigenvalue weighted by atomic mass is 9.92. The smallest absolute Gasteiger partial charge is 0.123 e. The third kappa shape index (κ3) is 3.53. The van der Waals surface area contributed by atoms with E-state index in [1.165, 1.54) is 21.3 Å². The van der Waals surface area contributed by atoms with Crippen LogP contribution in [0.15, 0.2) is 48.5 Å². The maximum Gasteiger partial charge on any atom is 0.123 e. The number of hydrogen-bond donors (Lipinski definition) is 1. The van der Waals surface area contributed by atoms with Crippen LogP contribution in [0.2, 0.25) is 0 Å². The van der Waals surface area contributed by atoms with Crippen molar-refractivity contribution in [1.29, 1.82) is 0 Å². The van der Waals surface area contributed by atoms with Crippen molar-refractivity contribution >= 4 is 22.6 Å². The zero-order chi connectivity index (χ0) is 13.0. The molecule has 0 aliphatic heterocycles. The van der Waals surface area contributed by atoms with Crippen molar-refractivity contribution in [3.63, 3.8) is 0 Å². The Balaban J connectivity index is 2.14. The second-order valence-electron chi connectivity index (χ2n) is 4.31. The molecule has 0 spiro atoms. The summed E-state index contributed by atoms with van der Waals surface area (Å²) >= 11 is 2.29. The summed E-state index contributed by atoms with van der Waals surface area (Å²) in [6, 6.07) is 15.0. The van der Waals surface area contributed by atoms with Crippen molar-refractivity contribution in [2.24, 2.45) is 5.73 Å². The molecule has 0 heterocycles. The van der Waals surface area contributed by atoms with Crippen molar-refractivity contribution in [1.82, 2.24) is 0 Å². The lowest BCUT2D eigenvalue weighted by Gasteiger charge is -2.15. The molecular formula is C15H15FIN. The standard InChI is InChI=1S/C15H15FIN/c16-14-5-3-12(4-6-14)13(10-18)9-11-1-7-15(17)8-2-11/h1-8,13H,9-10,18H2. The van der Waals surface area contributed by atoms with E-state index < -0.39 is 0 Å². The van der Waals surface area contributed by atoms with E-state index in [9.17, 15) is 4.39 Å². The largest absolute Gasteiger partial charge is 0.330 e. The zero-order valence-corrected chi connectivity index (χ0v) is 12.1. The van der Waals surface area contributed by atoms with Gasteiger partial charge in [0.1, 0.15) is 5.82 Å². The highest BCUT2D eigenvalue weighted by Crippen LogP contribution is 2.21. The van der Waals surface area contributed by atoms with Gasteiger partial charge in [0.25, 0.3) is 0 Å². The molecule has 2 aromatic carbocycles. The molecule has 0 bridgehead atoms. The average Bonchev–Trinajstić information content (AvgIpc) is 2.39. The molecule has 2 aromatic rings. The van der Waals surface area contributed by atoms with Gasteiger partial charge in [-0.1, -0.05) is 24.3 Å². The summed E-state index contributed by atoms with van der Waals surface area (Å²) in [4.78, 5) is 0. The first-order valence-electron chi connectivity index (χ1n) is 5.89. The molecule has 2 N–H and O–H groups in total. The highest BCUT2D eigenvalue weighted by Gasteiger charge is 2.10. The van der Waals surface area contributed by atoms with Gasteiger partial charge >= 0.3 is 0 Å². The number of hydrogen-bond acceptors (Lipinski definition) is 1. The predicted octanol–water partition coefficient (Wildman–Crippen LogP) is 3.72. The van der Waals surface area contributed by atoms with Crippen molar-refractivity contribution < 1.29 is 4.39 Å². The molecule has 3 heteroatoms. The Hall–Kier alpha value is -0.940. The van der Waals surface area contributed by atoms with Gasteiger partial charge in [0.2, 0.25) is 0 Å². The summed E-state index contributed by atoms with van der Waals surface area (Å²) < 4.78 is 14.1. The predicted molar refractivity (Wildman–Crippen MR) is 81.1 cm³/mol. The Kier molecular flexibility index (Phi) is 4.72. The Morgan fingerprint density at radius 1 is 1.00 bits per heavy atom. The van der Waals surface area contributed by atoms with E-state index in [0.717, 1.165) is 12.0 Å². The minimum absolute atomic E-state index is 0.205. The van der Waals surface area contributed by atoms with E-state index in [2.05, 4.69) is 46.9 Å². The molecule has 2 rings (SSSR count). The van der Waals surface area contributed by atoms with Gasteiger partial charge in [0.15, 0.2) is 0 Å². The Morgan fingerprint density at radius 3 is 2.17 bits per heavy atom. The molecule has 0 aliphatic carbocycles. The first-order chi connectivity index (χ1) is 8.69. The molecular weight excluding hydrogens is 340 g/mol. The van der Waals surface area contributed by atoms with Crippen LogP contribution >= 0.6 is 22.6 Å². The van der Waals surface area contributed by atoms with Gasteiger partial charge in [-0.3, -0.25) is 0 Å². The van der Waals surface area contributed by atoms with Gasteiger partial charge in [-0.25, -0.2) is 4.39 Å². The van der Waals surface area contributed by atoms with E-state index in [-0.39, 0.29) is 11.7 Å². The molecule has 18 heavy (non-hydrogen) atoms. The molecule has 0 aromatic heterocycles. The van der Waals surface area contributed by atoms with E-state index in [1.807, 2.05) is 12.1 Å². The zero-order valence-electron chi connectivity index (χ0n) is 9.94. The van der Waals surface area contributed by atoms with Crippen LogP contribution in [0.5, 0.6) is 0 Å². The molecule has 0 radical (unpaired) electrons. The van der Waals surface area contributed by atoms with E-state index in [1.54, 1.807) is 0 Å². The van der Waals surface area contributed by atoms with Gasteiger partial charge in [-0.05, 0) is 70.9 Å². The molecule has 1 nitrogen and oxygen atoms in total. The minimum atomic E-state index is -0.205. The van der Waals surface area contributed by atoms with E-state index >= 15 is 0 Å². The summed E-state index contributed by atoms with van der Waals surface area (Å²) in [5.41, 5.74) is 8.18. The van der Waals surface area contributed by atoms with Crippen LogP contribution in [0, 0.1) is 9.39 Å². The van der Waals surface area contributed by atoms with Crippen LogP contribution < -0.4 is 5.73 Å². The van der Waals surface area contributed by atoms with Crippen molar-refractivity contribution in [2.75, 3.05) is 6.54 Å². The number of nitrogens with two attached hydrogens (primary N) is 1. The molecule has 94 valence electrons. The molecule has 1 unspecified atom stereocenters. The Morgan fingerprint density at radius 2 is 1.61 bits per heavy atom. The molecule has 0 fully saturated rings. The average molecular weight is 355 g/mol. The molecule has 0 saturated heterocycles. The van der Waals surface area contributed by atoms with Crippen LogP contribution in [0.3, 0.4) is 0 Å². The fraction of sp³-hybridized carbons (Fsp3) is 0.200. The van der Waals surface area contributed by atoms with Crippen LogP contribution in [0.4, 0.5) is 4.39 Å². The van der Waals surface area contributed by atoms with Crippen molar-refractivity contribution in [3.05, 3.63) is 69.0 Å². The summed E-state index contributed by atoms with van der Waals surface area (Å²) in [6.45, 7) is 0.567. The minimum Gasteiger partial charge on any atom is -0.330 e. The quantitative estimate of drug-likeness (QED) is 0.832. The van der Waals surface area contributed by atoms with Crippen LogP contribution in [0.1, 0.15) is 17.0 Å². The third-order valence-corrected chi connectivity index (χ3v) is 3.74. The lowest BCUT2D eigenvalue weighted by molar-refractivity contribution is 0.623. The summed E-state index contributed by atoms with van der Waals surface area (Å²) in [7, 11) is 0. The van der Waals surface area contributed by atoms with Gasteiger partial charge in [0.05, 0.1) is 0 Å². The second-order valence-corrected chi connectivity index (χ2v) is 5.56. The third-order valence-electron chi connectivity index (χ3n) is 3.02. The topological polar surface area (TPSA) is 26.0 Å². The van der Waals surface area contributed by atoms with Crippen LogP contribution in [-0.2, 0) is 6.42 Å². The first-order valence-corrected chi connectivity index (χ1v) is 6.97. The molecule has 0 aliphatic rings. The van der Waals surface area contributed by atoms with Crippen LogP contribution in [-0.4, -0.2) is 6.54 Å². The van der Waals surface area contributed by atoms with Gasteiger partial charge in [-0.2, -0.15) is 0 Å². The highest BCUT2D eigenvalue weighted by molar-refractivity contribution is 14.1. The van der Waals surface area contributed by atoms with Crippen molar-refractivity contribution in [3.8, 4) is 0 Å². The van der Waals surface area contributed by atoms with Gasteiger partial charge in [0, 0.05) is 9.49 Å². The Labute approximate surface area is 120 Å². The summed E-state index contributed by atoms with van der Waals surface area (Å²) in [5, 5.41) is 0. The van der Waals surface area contributed by atoms with Gasteiger partial charge in [-0.15, -0.1) is 0 Å². The highest BCUT2D eigenvalue weighted by atomic mass is 127. The normalized spacial score (nSPS) is 12.4. The first kappa shape index (κ1) is 13.5. The van der Waals surface area contributed by atoms with Crippen LogP contribution in [0.25, 0.3) is 0 Å². The molecule has 0 amide bonds. The monoisotopic (exact) mass is 355 g/mol. The second kappa shape index (κ2) is 6.29. The SMILES string of the molecule is NCC(Cc1ccc(I)cc1)c1ccc(F)cc1. The number of benzene rings is 2. The van der Waals surface area contributed by atoms with Crippen molar-refractivity contribution in [2.45, 2.75) is 12.3 Å². The van der Waals surface area contributed by atoms with E-state index in [0.29, 0.717) is 6.54 Å². The molecule has 1 atom stereocenters. The van der Waals surface area contributed by atoms with Gasteiger partial charge < -0.3 is 5.73 Å². The maximum absolute atomic E-state index is 12.9. The van der Waals surface area contributed by atoms with E-state index in [4.69, 9.17) is 5.73 Å². The maximum atomic E-state index is 12.9. The Bertz CT molecular complexity index is 493. The lowest BCUT2D eigenvalue weighted by Crippen LogP contribution is -2.15. The fourth-order valence-corrected chi connectivity index (χ4v) is 2.34. The number of rotatable bonds is 4. The summed E-state index contributed by atoms with van der Waals surface area (Å²) in [6.07, 6.45) is 0.888. The molecule has 0 saturated carbocycles. The number of halogens is 2. The summed E-state index contributed by atoms with van der Waals surface area (Å²) in [5.74, 6) is 0.0365. The fourth-order valence-electron chi connectivity index (χ4n) is 1.98.